The smallest absolute Gasteiger partial charge is 0.263 e. The quantitative estimate of drug-likeness (QED) is 0.387. The van der Waals surface area contributed by atoms with Crippen LogP contribution >= 0.6 is 11.3 Å². The van der Waals surface area contributed by atoms with Crippen LogP contribution in [-0.2, 0) is 0 Å². The van der Waals surface area contributed by atoms with Gasteiger partial charge in [-0.25, -0.2) is 4.98 Å². The number of nitrogens with zero attached hydrogens (tertiary/aromatic N) is 2. The Bertz CT molecular complexity index is 482. The van der Waals surface area contributed by atoms with Gasteiger partial charge >= 0.3 is 0 Å². The summed E-state index contributed by atoms with van der Waals surface area (Å²) in [6, 6.07) is 0. The maximum absolute atomic E-state index is 11.9. The van der Waals surface area contributed by atoms with Crippen molar-refractivity contribution in [2.75, 3.05) is 26.7 Å². The van der Waals surface area contributed by atoms with Crippen LogP contribution in [0.15, 0.2) is 10.5 Å². The molecule has 1 amide bonds. The zero-order valence-electron chi connectivity index (χ0n) is 13.9. The second-order valence-corrected chi connectivity index (χ2v) is 5.94. The van der Waals surface area contributed by atoms with Gasteiger partial charge in [-0.05, 0) is 12.8 Å². The van der Waals surface area contributed by atoms with Crippen LogP contribution in [0, 0.1) is 12.8 Å². The summed E-state index contributed by atoms with van der Waals surface area (Å²) in [5.74, 6) is 1.37. The molecule has 1 rings (SSSR count). The summed E-state index contributed by atoms with van der Waals surface area (Å²) in [6.07, 6.45) is 2.31. The molecule has 0 aliphatic heterocycles. The predicted molar refractivity (Wildman–Crippen MR) is 92.6 cm³/mol. The number of aliphatic imine (C=N–C) groups is 1. The van der Waals surface area contributed by atoms with Crippen LogP contribution in [0.4, 0.5) is 0 Å². The molecule has 0 bridgehead atoms. The topological polar surface area (TPSA) is 78.4 Å². The van der Waals surface area contributed by atoms with Crippen molar-refractivity contribution in [3.63, 3.8) is 0 Å². The Hall–Kier alpha value is -1.63. The molecule has 0 aliphatic rings. The van der Waals surface area contributed by atoms with Crippen LogP contribution in [0.3, 0.4) is 0 Å². The maximum Gasteiger partial charge on any atom is 0.263 e. The fraction of sp³-hybridized carbons (Fsp3) is 0.667. The molecule has 0 atom stereocenters. The first-order valence-corrected chi connectivity index (χ1v) is 8.63. The number of aromatic nitrogens is 1. The third kappa shape index (κ3) is 6.01. The Labute approximate surface area is 136 Å². The van der Waals surface area contributed by atoms with Gasteiger partial charge in [-0.15, -0.1) is 11.3 Å². The normalized spacial score (nSPS) is 11.6. The van der Waals surface area contributed by atoms with Gasteiger partial charge in [-0.1, -0.05) is 26.7 Å². The van der Waals surface area contributed by atoms with Crippen LogP contribution in [-0.4, -0.2) is 43.5 Å². The Balaban J connectivity index is 2.25. The number of carbonyl (C=O) groups is 1. The van der Waals surface area contributed by atoms with Gasteiger partial charge in [0.05, 0.1) is 11.2 Å². The highest BCUT2D eigenvalue weighted by Crippen LogP contribution is 2.11. The van der Waals surface area contributed by atoms with Gasteiger partial charge < -0.3 is 16.0 Å². The van der Waals surface area contributed by atoms with Crippen LogP contribution in [0.25, 0.3) is 0 Å². The standard InChI is InChI=1S/C15H27N5OS/c1-5-12(6-2)9-19-15(16-4)18-8-7-17-14(21)13-11(3)20-10-22-13/h10,12H,5-9H2,1-4H3,(H,17,21)(H2,16,18,19). The molecule has 0 unspecified atom stereocenters. The van der Waals surface area contributed by atoms with Crippen LogP contribution in [0.2, 0.25) is 0 Å². The minimum atomic E-state index is -0.0678. The number of hydrogen-bond donors (Lipinski definition) is 3. The Kier molecular flexibility index (Phi) is 8.50. The second-order valence-electron chi connectivity index (χ2n) is 5.09. The van der Waals surface area contributed by atoms with Crippen molar-refractivity contribution in [2.45, 2.75) is 33.6 Å². The molecular formula is C15H27N5OS. The number of hydrogen-bond acceptors (Lipinski definition) is 4. The lowest BCUT2D eigenvalue weighted by molar-refractivity contribution is 0.0957. The molecule has 6 nitrogen and oxygen atoms in total. The number of thiazole rings is 1. The zero-order valence-corrected chi connectivity index (χ0v) is 14.7. The van der Waals surface area contributed by atoms with Gasteiger partial charge in [0.1, 0.15) is 4.88 Å². The molecule has 0 saturated carbocycles. The molecule has 1 aromatic heterocycles. The molecule has 0 radical (unpaired) electrons. The molecule has 0 spiro atoms. The van der Waals surface area contributed by atoms with Crippen molar-refractivity contribution in [3.8, 4) is 0 Å². The summed E-state index contributed by atoms with van der Waals surface area (Å²) >= 11 is 1.36. The molecule has 1 heterocycles. The van der Waals surface area contributed by atoms with Crippen molar-refractivity contribution in [1.29, 1.82) is 0 Å². The van der Waals surface area contributed by atoms with Crippen molar-refractivity contribution in [1.82, 2.24) is 20.9 Å². The van der Waals surface area contributed by atoms with E-state index in [4.69, 9.17) is 0 Å². The first-order valence-electron chi connectivity index (χ1n) is 7.75. The third-order valence-corrected chi connectivity index (χ3v) is 4.52. The lowest BCUT2D eigenvalue weighted by Crippen LogP contribution is -2.43. The van der Waals surface area contributed by atoms with Crippen molar-refractivity contribution >= 4 is 23.2 Å². The average molecular weight is 325 g/mol. The molecule has 0 saturated heterocycles. The summed E-state index contributed by atoms with van der Waals surface area (Å²) in [4.78, 5) is 20.9. The Morgan fingerprint density at radius 3 is 2.50 bits per heavy atom. The summed E-state index contributed by atoms with van der Waals surface area (Å²) in [7, 11) is 1.75. The highest BCUT2D eigenvalue weighted by molar-refractivity contribution is 7.11. The Morgan fingerprint density at radius 2 is 1.95 bits per heavy atom. The van der Waals surface area contributed by atoms with E-state index < -0.39 is 0 Å². The van der Waals surface area contributed by atoms with E-state index in [1.54, 1.807) is 12.6 Å². The van der Waals surface area contributed by atoms with Gasteiger partial charge in [0.2, 0.25) is 0 Å². The number of amides is 1. The van der Waals surface area contributed by atoms with E-state index in [1.807, 2.05) is 6.92 Å². The number of guanidine groups is 1. The molecule has 3 N–H and O–H groups in total. The monoisotopic (exact) mass is 325 g/mol. The van der Waals surface area contributed by atoms with E-state index in [1.165, 1.54) is 11.3 Å². The maximum atomic E-state index is 11.9. The molecule has 7 heteroatoms. The number of nitrogens with one attached hydrogen (secondary N) is 3. The number of aryl methyl sites for hydroxylation is 1. The van der Waals surface area contributed by atoms with E-state index >= 15 is 0 Å². The largest absolute Gasteiger partial charge is 0.356 e. The molecule has 0 aliphatic carbocycles. The van der Waals surface area contributed by atoms with Gasteiger partial charge in [0.15, 0.2) is 5.96 Å². The average Bonchev–Trinajstić information content (AvgIpc) is 2.96. The van der Waals surface area contributed by atoms with Crippen LogP contribution < -0.4 is 16.0 Å². The highest BCUT2D eigenvalue weighted by atomic mass is 32.1. The molecule has 0 aromatic carbocycles. The SMILES string of the molecule is CCC(CC)CNC(=NC)NCCNC(=O)c1scnc1C. The van der Waals surface area contributed by atoms with E-state index in [2.05, 4.69) is 39.8 Å². The molecule has 22 heavy (non-hydrogen) atoms. The van der Waals surface area contributed by atoms with Gasteiger partial charge in [0.25, 0.3) is 5.91 Å². The van der Waals surface area contributed by atoms with E-state index in [-0.39, 0.29) is 5.91 Å². The zero-order chi connectivity index (χ0) is 16.4. The summed E-state index contributed by atoms with van der Waals surface area (Å²) < 4.78 is 0. The number of carbonyl (C=O) groups excluding carboxylic acids is 1. The first kappa shape index (κ1) is 18.4. The summed E-state index contributed by atoms with van der Waals surface area (Å²) in [6.45, 7) is 8.33. The fourth-order valence-electron chi connectivity index (χ4n) is 2.00. The second kappa shape index (κ2) is 10.2. The first-order chi connectivity index (χ1) is 10.6. The molecule has 124 valence electrons. The third-order valence-electron chi connectivity index (χ3n) is 3.59. The summed E-state index contributed by atoms with van der Waals surface area (Å²) in [5, 5.41) is 9.39. The molecule has 1 aromatic rings. The lowest BCUT2D eigenvalue weighted by atomic mass is 10.0. The van der Waals surface area contributed by atoms with Crippen molar-refractivity contribution < 1.29 is 4.79 Å². The fourth-order valence-corrected chi connectivity index (χ4v) is 2.71. The molecule has 0 fully saturated rings. The van der Waals surface area contributed by atoms with E-state index in [9.17, 15) is 4.79 Å². The Morgan fingerprint density at radius 1 is 1.27 bits per heavy atom. The molecular weight excluding hydrogens is 298 g/mol. The van der Waals surface area contributed by atoms with Crippen molar-refractivity contribution in [3.05, 3.63) is 16.1 Å². The lowest BCUT2D eigenvalue weighted by Gasteiger charge is -2.16. The van der Waals surface area contributed by atoms with Crippen LogP contribution in [0.5, 0.6) is 0 Å². The minimum Gasteiger partial charge on any atom is -0.356 e. The van der Waals surface area contributed by atoms with E-state index in [0.29, 0.717) is 23.9 Å². The highest BCUT2D eigenvalue weighted by Gasteiger charge is 2.10. The number of rotatable bonds is 8. The predicted octanol–water partition coefficient (Wildman–Crippen LogP) is 1.78. The van der Waals surface area contributed by atoms with E-state index in [0.717, 1.165) is 31.0 Å². The van der Waals surface area contributed by atoms with Gasteiger partial charge in [0, 0.05) is 26.7 Å². The summed E-state index contributed by atoms with van der Waals surface area (Å²) in [5.41, 5.74) is 2.46. The van der Waals surface area contributed by atoms with Gasteiger partial charge in [-0.2, -0.15) is 0 Å². The minimum absolute atomic E-state index is 0.0678. The van der Waals surface area contributed by atoms with Gasteiger partial charge in [-0.3, -0.25) is 9.79 Å². The van der Waals surface area contributed by atoms with Crippen molar-refractivity contribution in [2.24, 2.45) is 10.9 Å². The van der Waals surface area contributed by atoms with Crippen LogP contribution in [0.1, 0.15) is 42.1 Å².